The molecule has 0 saturated carbocycles. The van der Waals surface area contributed by atoms with E-state index in [1.54, 1.807) is 30.3 Å². The number of carbonyl (C=O) groups is 2. The minimum Gasteiger partial charge on any atom is -0.508 e. The second kappa shape index (κ2) is 12.4. The number of hydrogen-bond acceptors (Lipinski definition) is 10. The second-order valence-corrected chi connectivity index (χ2v) is 11.5. The molecule has 5 aromatic carbocycles. The standard InChI is InChI=1S/C37H30O11/c38-27-6-2-4-22-21(27)3-1-5-24-34(22)26(17-31(42)36(24)45)19-8-10-23-25(15-19)20(16-30(41)35(23)44)9-12-33(43)48-32(37(46)47)14-18-7-11-28(39)29(40)13-18/h2,4,6-13,15-17,32,38-42,44-45H,1,3,5,14H2,(H,46,47)/b12-9+/t32-/m1/s1. The Morgan fingerprint density at radius 3 is 2.21 bits per heavy atom. The van der Waals surface area contributed by atoms with Gasteiger partial charge in [0, 0.05) is 29.0 Å². The largest absolute Gasteiger partial charge is 0.508 e. The maximum atomic E-state index is 12.8. The summed E-state index contributed by atoms with van der Waals surface area (Å²) in [5.74, 6) is -4.66. The van der Waals surface area contributed by atoms with Crippen LogP contribution in [-0.2, 0) is 33.6 Å². The summed E-state index contributed by atoms with van der Waals surface area (Å²) in [6, 6.07) is 16.4. The molecule has 0 saturated heterocycles. The third-order valence-corrected chi connectivity index (χ3v) is 8.48. The van der Waals surface area contributed by atoms with Crippen LogP contribution in [0, 0.1) is 0 Å². The summed E-state index contributed by atoms with van der Waals surface area (Å²) in [6.07, 6.45) is 1.94. The number of benzene rings is 5. The maximum Gasteiger partial charge on any atom is 0.345 e. The van der Waals surface area contributed by atoms with Crippen LogP contribution in [0.2, 0.25) is 0 Å². The molecule has 8 N–H and O–H groups in total. The summed E-state index contributed by atoms with van der Waals surface area (Å²) < 4.78 is 5.15. The number of carboxylic acids is 1. The zero-order valence-electron chi connectivity index (χ0n) is 25.2. The summed E-state index contributed by atoms with van der Waals surface area (Å²) >= 11 is 0. The van der Waals surface area contributed by atoms with Crippen LogP contribution in [0.3, 0.4) is 0 Å². The van der Waals surface area contributed by atoms with Gasteiger partial charge < -0.3 is 45.6 Å². The first-order valence-corrected chi connectivity index (χ1v) is 14.9. The van der Waals surface area contributed by atoms with Gasteiger partial charge in [0.1, 0.15) is 5.75 Å². The Morgan fingerprint density at radius 1 is 0.708 bits per heavy atom. The van der Waals surface area contributed by atoms with Gasteiger partial charge in [0.2, 0.25) is 6.10 Å². The number of carboxylic acid groups (broad SMARTS) is 1. The van der Waals surface area contributed by atoms with E-state index in [2.05, 4.69) is 0 Å². The lowest BCUT2D eigenvalue weighted by Gasteiger charge is -2.19. The predicted molar refractivity (Wildman–Crippen MR) is 175 cm³/mol. The smallest absolute Gasteiger partial charge is 0.345 e. The number of esters is 1. The molecule has 1 aliphatic rings. The van der Waals surface area contributed by atoms with Crippen molar-refractivity contribution in [1.82, 2.24) is 0 Å². The average molecular weight is 651 g/mol. The number of aliphatic carboxylic acids is 1. The topological polar surface area (TPSA) is 205 Å². The van der Waals surface area contributed by atoms with Gasteiger partial charge in [0.05, 0.1) is 0 Å². The molecule has 1 aliphatic carbocycles. The summed E-state index contributed by atoms with van der Waals surface area (Å²) in [5, 5.41) is 82.9. The van der Waals surface area contributed by atoms with Crippen molar-refractivity contribution in [3.8, 4) is 62.5 Å². The van der Waals surface area contributed by atoms with Crippen LogP contribution < -0.4 is 0 Å². The Hall–Kier alpha value is -6.36. The number of aromatic hydroxyl groups is 7. The van der Waals surface area contributed by atoms with Gasteiger partial charge in [-0.1, -0.05) is 24.3 Å². The molecule has 0 amide bonds. The quantitative estimate of drug-likeness (QED) is 0.0595. The summed E-state index contributed by atoms with van der Waals surface area (Å²) in [4.78, 5) is 24.6. The lowest BCUT2D eigenvalue weighted by atomic mass is 9.86. The maximum absolute atomic E-state index is 12.8. The third kappa shape index (κ3) is 5.84. The molecular weight excluding hydrogens is 620 g/mol. The number of carbonyl (C=O) groups excluding carboxylic acids is 1. The molecule has 6 rings (SSSR count). The molecule has 11 heteroatoms. The van der Waals surface area contributed by atoms with E-state index in [4.69, 9.17) is 4.74 Å². The summed E-state index contributed by atoms with van der Waals surface area (Å²) in [7, 11) is 0. The third-order valence-electron chi connectivity index (χ3n) is 8.48. The van der Waals surface area contributed by atoms with Crippen molar-refractivity contribution in [2.75, 3.05) is 0 Å². The predicted octanol–water partition coefficient (Wildman–Crippen LogP) is 5.85. The lowest BCUT2D eigenvalue weighted by molar-refractivity contribution is -0.160. The Balaban J connectivity index is 1.40. The van der Waals surface area contributed by atoms with Crippen LogP contribution in [0.15, 0.2) is 72.8 Å². The normalized spacial score (nSPS) is 13.1. The van der Waals surface area contributed by atoms with Crippen LogP contribution in [-0.4, -0.2) is 58.9 Å². The van der Waals surface area contributed by atoms with Gasteiger partial charge in [-0.3, -0.25) is 0 Å². The van der Waals surface area contributed by atoms with Crippen molar-refractivity contribution in [3.05, 3.63) is 95.1 Å². The molecular formula is C37H30O11. The average Bonchev–Trinajstić information content (AvgIpc) is 3.26. The molecule has 0 bridgehead atoms. The van der Waals surface area contributed by atoms with Crippen LogP contribution >= 0.6 is 0 Å². The van der Waals surface area contributed by atoms with E-state index in [0.717, 1.165) is 12.1 Å². The van der Waals surface area contributed by atoms with Crippen LogP contribution in [0.1, 0.15) is 28.7 Å². The van der Waals surface area contributed by atoms with E-state index in [1.165, 1.54) is 30.3 Å². The Morgan fingerprint density at radius 2 is 1.46 bits per heavy atom. The van der Waals surface area contributed by atoms with Gasteiger partial charge in [-0.15, -0.1) is 0 Å². The Labute approximate surface area is 273 Å². The number of fused-ring (bicyclic) bond motifs is 4. The van der Waals surface area contributed by atoms with Gasteiger partial charge in [-0.2, -0.15) is 0 Å². The number of ether oxygens (including phenoxy) is 1. The van der Waals surface area contributed by atoms with E-state index in [9.17, 15) is 50.4 Å². The zero-order valence-corrected chi connectivity index (χ0v) is 25.2. The molecule has 0 aliphatic heterocycles. The van der Waals surface area contributed by atoms with Crippen molar-refractivity contribution in [3.63, 3.8) is 0 Å². The molecule has 1 atom stereocenters. The Bertz CT molecular complexity index is 2150. The number of phenols is 7. The lowest BCUT2D eigenvalue weighted by Crippen LogP contribution is -2.28. The van der Waals surface area contributed by atoms with Crippen LogP contribution in [0.4, 0.5) is 0 Å². The molecule has 11 nitrogen and oxygen atoms in total. The van der Waals surface area contributed by atoms with Gasteiger partial charge in [0.25, 0.3) is 0 Å². The van der Waals surface area contributed by atoms with Crippen molar-refractivity contribution >= 4 is 28.8 Å². The first-order chi connectivity index (χ1) is 22.9. The van der Waals surface area contributed by atoms with Crippen molar-refractivity contribution in [2.24, 2.45) is 0 Å². The monoisotopic (exact) mass is 650 g/mol. The van der Waals surface area contributed by atoms with Gasteiger partial charge in [-0.05, 0) is 107 Å². The molecule has 0 radical (unpaired) electrons. The fourth-order valence-electron chi connectivity index (χ4n) is 6.16. The number of phenolic OH excluding ortho intramolecular Hbond substituents is 7. The highest BCUT2D eigenvalue weighted by molar-refractivity contribution is 6.02. The summed E-state index contributed by atoms with van der Waals surface area (Å²) in [6.45, 7) is 0. The molecule has 48 heavy (non-hydrogen) atoms. The highest BCUT2D eigenvalue weighted by atomic mass is 16.6. The molecule has 5 aromatic rings. The molecule has 244 valence electrons. The molecule has 0 spiro atoms. The van der Waals surface area contributed by atoms with Gasteiger partial charge >= 0.3 is 11.9 Å². The first-order valence-electron chi connectivity index (χ1n) is 14.9. The number of rotatable bonds is 7. The van der Waals surface area contributed by atoms with Gasteiger partial charge in [0.15, 0.2) is 34.5 Å². The van der Waals surface area contributed by atoms with E-state index in [-0.39, 0.29) is 40.4 Å². The zero-order chi connectivity index (χ0) is 34.3. The minimum atomic E-state index is -1.62. The first kappa shape index (κ1) is 31.6. The SMILES string of the molecule is O=C(/C=C/c1cc(O)c(O)c2ccc(-c3cc(O)c(O)c4c3-c3cccc(O)c3CCC4)cc12)O[C@H](Cc1ccc(O)c(O)c1)C(=O)O. The molecule has 0 fully saturated rings. The van der Waals surface area contributed by atoms with E-state index in [1.807, 2.05) is 6.07 Å². The molecule has 0 aromatic heterocycles. The highest BCUT2D eigenvalue weighted by Crippen LogP contribution is 2.49. The molecule has 0 unspecified atom stereocenters. The highest BCUT2D eigenvalue weighted by Gasteiger charge is 2.26. The fraction of sp³-hybridized carbons (Fsp3) is 0.135. The number of hydrogen-bond donors (Lipinski definition) is 8. The molecule has 0 heterocycles. The summed E-state index contributed by atoms with van der Waals surface area (Å²) in [5.41, 5.74) is 4.18. The second-order valence-electron chi connectivity index (χ2n) is 11.5. The van der Waals surface area contributed by atoms with E-state index >= 15 is 0 Å². The van der Waals surface area contributed by atoms with E-state index < -0.39 is 35.3 Å². The Kier molecular flexibility index (Phi) is 8.20. The van der Waals surface area contributed by atoms with Crippen molar-refractivity contribution in [1.29, 1.82) is 0 Å². The van der Waals surface area contributed by atoms with Gasteiger partial charge in [-0.25, -0.2) is 9.59 Å². The van der Waals surface area contributed by atoms with Crippen LogP contribution in [0.5, 0.6) is 40.2 Å². The van der Waals surface area contributed by atoms with Crippen molar-refractivity contribution < 1.29 is 55.2 Å². The minimum absolute atomic E-state index is 0.114. The van der Waals surface area contributed by atoms with E-state index in [0.29, 0.717) is 63.6 Å². The van der Waals surface area contributed by atoms with Crippen LogP contribution in [0.25, 0.3) is 39.1 Å². The fourth-order valence-corrected chi connectivity index (χ4v) is 6.16. The van der Waals surface area contributed by atoms with Crippen molar-refractivity contribution in [2.45, 2.75) is 31.8 Å².